The highest BCUT2D eigenvalue weighted by Gasteiger charge is 2.20. The number of urea groups is 1. The van der Waals surface area contributed by atoms with Crippen LogP contribution in [0.4, 0.5) is 10.6 Å². The van der Waals surface area contributed by atoms with Gasteiger partial charge in [-0.05, 0) is 32.0 Å². The lowest BCUT2D eigenvalue weighted by Crippen LogP contribution is -2.21. The van der Waals surface area contributed by atoms with Crippen LogP contribution in [0.1, 0.15) is 11.3 Å². The van der Waals surface area contributed by atoms with Gasteiger partial charge in [-0.25, -0.2) is 9.48 Å². The average molecular weight is 310 g/mol. The van der Waals surface area contributed by atoms with E-state index in [9.17, 15) is 4.79 Å². The standard InChI is InChI=1S/C16H18N6O/c1-10-9-13(19-21(10)3)14-11(2)15(18-16(17)23)22(20-14)12-7-5-4-6-8-12/h4-9H,1-3H3,(H3,17,18,23). The van der Waals surface area contributed by atoms with E-state index in [1.54, 1.807) is 9.36 Å². The lowest BCUT2D eigenvalue weighted by atomic mass is 10.2. The minimum atomic E-state index is -0.631. The minimum Gasteiger partial charge on any atom is -0.351 e. The molecular formula is C16H18N6O. The Morgan fingerprint density at radius 3 is 2.43 bits per heavy atom. The SMILES string of the molecule is Cc1c(-c2cc(C)n(C)n2)nn(-c2ccccc2)c1NC(N)=O. The van der Waals surface area contributed by atoms with E-state index in [4.69, 9.17) is 5.73 Å². The summed E-state index contributed by atoms with van der Waals surface area (Å²) in [5.74, 6) is 0.544. The molecule has 0 spiro atoms. The molecule has 0 unspecified atom stereocenters. The summed E-state index contributed by atoms with van der Waals surface area (Å²) in [7, 11) is 1.88. The summed E-state index contributed by atoms with van der Waals surface area (Å²) in [6.07, 6.45) is 0. The molecule has 7 nitrogen and oxygen atoms in total. The van der Waals surface area contributed by atoms with Gasteiger partial charge in [-0.2, -0.15) is 10.2 Å². The predicted octanol–water partition coefficient (Wildman–Crippen LogP) is 2.38. The number of rotatable bonds is 3. The van der Waals surface area contributed by atoms with Crippen LogP contribution in [0.3, 0.4) is 0 Å². The van der Waals surface area contributed by atoms with Crippen LogP contribution in [-0.2, 0) is 7.05 Å². The number of nitrogens with zero attached hydrogens (tertiary/aromatic N) is 4. The van der Waals surface area contributed by atoms with Crippen molar-refractivity contribution in [2.24, 2.45) is 12.8 Å². The molecule has 2 heterocycles. The molecule has 2 amide bonds. The van der Waals surface area contributed by atoms with Gasteiger partial charge >= 0.3 is 6.03 Å². The number of anilines is 1. The molecule has 0 radical (unpaired) electrons. The van der Waals surface area contributed by atoms with Gasteiger partial charge in [-0.15, -0.1) is 0 Å². The highest BCUT2D eigenvalue weighted by Crippen LogP contribution is 2.29. The Bertz CT molecular complexity index is 843. The van der Waals surface area contributed by atoms with E-state index in [0.29, 0.717) is 11.5 Å². The zero-order valence-electron chi connectivity index (χ0n) is 13.2. The maximum Gasteiger partial charge on any atom is 0.317 e. The van der Waals surface area contributed by atoms with Crippen molar-refractivity contribution in [3.05, 3.63) is 47.7 Å². The second-order valence-corrected chi connectivity index (χ2v) is 5.35. The number of amides is 2. The number of nitrogens with one attached hydrogen (secondary N) is 1. The number of primary amides is 1. The fourth-order valence-electron chi connectivity index (χ4n) is 2.44. The summed E-state index contributed by atoms with van der Waals surface area (Å²) < 4.78 is 3.46. The number of aromatic nitrogens is 4. The van der Waals surface area contributed by atoms with Crippen LogP contribution in [0, 0.1) is 13.8 Å². The van der Waals surface area contributed by atoms with Crippen LogP contribution >= 0.6 is 0 Å². The molecule has 0 aliphatic heterocycles. The molecule has 1 aromatic carbocycles. The smallest absolute Gasteiger partial charge is 0.317 e. The molecule has 0 fully saturated rings. The average Bonchev–Trinajstić information content (AvgIpc) is 3.01. The maximum atomic E-state index is 11.4. The minimum absolute atomic E-state index is 0.544. The highest BCUT2D eigenvalue weighted by atomic mass is 16.2. The van der Waals surface area contributed by atoms with Gasteiger partial charge in [0.25, 0.3) is 0 Å². The summed E-state index contributed by atoms with van der Waals surface area (Å²) in [4.78, 5) is 11.4. The van der Waals surface area contributed by atoms with Gasteiger partial charge in [0.15, 0.2) is 0 Å². The van der Waals surface area contributed by atoms with E-state index < -0.39 is 6.03 Å². The van der Waals surface area contributed by atoms with E-state index in [0.717, 1.165) is 22.6 Å². The topological polar surface area (TPSA) is 90.8 Å². The molecule has 3 aromatic rings. The van der Waals surface area contributed by atoms with Gasteiger partial charge in [0, 0.05) is 18.3 Å². The molecule has 0 saturated heterocycles. The normalized spacial score (nSPS) is 10.7. The van der Waals surface area contributed by atoms with Gasteiger partial charge in [-0.3, -0.25) is 10.00 Å². The van der Waals surface area contributed by atoms with E-state index in [1.165, 1.54) is 0 Å². The summed E-state index contributed by atoms with van der Waals surface area (Å²) in [6.45, 7) is 3.86. The quantitative estimate of drug-likeness (QED) is 0.778. The zero-order valence-corrected chi connectivity index (χ0v) is 13.2. The Morgan fingerprint density at radius 1 is 1.17 bits per heavy atom. The zero-order chi connectivity index (χ0) is 16.6. The van der Waals surface area contributed by atoms with Crippen molar-refractivity contribution in [1.82, 2.24) is 19.6 Å². The molecule has 3 N–H and O–H groups in total. The first kappa shape index (κ1) is 14.8. The number of nitrogens with two attached hydrogens (primary N) is 1. The van der Waals surface area contributed by atoms with Crippen LogP contribution in [0.2, 0.25) is 0 Å². The van der Waals surface area contributed by atoms with Crippen molar-refractivity contribution in [3.8, 4) is 17.1 Å². The molecule has 2 aromatic heterocycles. The Hall–Kier alpha value is -3.09. The van der Waals surface area contributed by atoms with E-state index in [2.05, 4.69) is 15.5 Å². The second-order valence-electron chi connectivity index (χ2n) is 5.35. The lowest BCUT2D eigenvalue weighted by Gasteiger charge is -2.07. The van der Waals surface area contributed by atoms with Crippen LogP contribution in [-0.4, -0.2) is 25.6 Å². The second kappa shape index (κ2) is 5.60. The van der Waals surface area contributed by atoms with Crippen LogP contribution in [0.25, 0.3) is 17.1 Å². The molecule has 0 bridgehead atoms. The monoisotopic (exact) mass is 310 g/mol. The Kier molecular flexibility index (Phi) is 3.61. The van der Waals surface area contributed by atoms with Gasteiger partial charge in [0.05, 0.1) is 5.69 Å². The van der Waals surface area contributed by atoms with Crippen LogP contribution < -0.4 is 11.1 Å². The third-order valence-corrected chi connectivity index (χ3v) is 3.72. The van der Waals surface area contributed by atoms with Crippen LogP contribution in [0.5, 0.6) is 0 Å². The molecule has 0 saturated carbocycles. The van der Waals surface area contributed by atoms with Gasteiger partial charge in [0.1, 0.15) is 17.2 Å². The number of carbonyl (C=O) groups excluding carboxylic acids is 1. The Balaban J connectivity index is 2.19. The van der Waals surface area contributed by atoms with Crippen molar-refractivity contribution in [2.75, 3.05) is 5.32 Å². The number of aryl methyl sites for hydroxylation is 2. The number of hydrogen-bond acceptors (Lipinski definition) is 3. The first-order valence-corrected chi connectivity index (χ1v) is 7.20. The summed E-state index contributed by atoms with van der Waals surface area (Å²) in [5, 5.41) is 11.8. The fourth-order valence-corrected chi connectivity index (χ4v) is 2.44. The van der Waals surface area contributed by atoms with Gasteiger partial charge in [0.2, 0.25) is 0 Å². The Labute approximate surface area is 133 Å². The van der Waals surface area contributed by atoms with Crippen molar-refractivity contribution < 1.29 is 4.79 Å². The molecule has 23 heavy (non-hydrogen) atoms. The lowest BCUT2D eigenvalue weighted by molar-refractivity contribution is 0.259. The first-order valence-electron chi connectivity index (χ1n) is 7.20. The molecule has 118 valence electrons. The number of carbonyl (C=O) groups is 1. The maximum absolute atomic E-state index is 11.4. The predicted molar refractivity (Wildman–Crippen MR) is 88.4 cm³/mol. The molecule has 0 aliphatic carbocycles. The van der Waals surface area contributed by atoms with Gasteiger partial charge < -0.3 is 5.73 Å². The molecular weight excluding hydrogens is 292 g/mol. The summed E-state index contributed by atoms with van der Waals surface area (Å²) in [6, 6.07) is 10.9. The fraction of sp³-hybridized carbons (Fsp3) is 0.188. The molecule has 7 heteroatoms. The van der Waals surface area contributed by atoms with Gasteiger partial charge in [-0.1, -0.05) is 18.2 Å². The number of hydrogen-bond donors (Lipinski definition) is 2. The Morgan fingerprint density at radius 2 is 1.87 bits per heavy atom. The highest BCUT2D eigenvalue weighted by molar-refractivity contribution is 5.89. The van der Waals surface area contributed by atoms with E-state index in [1.807, 2.05) is 57.3 Å². The van der Waals surface area contributed by atoms with Crippen LogP contribution in [0.15, 0.2) is 36.4 Å². The number of benzene rings is 1. The summed E-state index contributed by atoms with van der Waals surface area (Å²) in [5.41, 5.74) is 9.44. The third kappa shape index (κ3) is 2.68. The summed E-state index contributed by atoms with van der Waals surface area (Å²) >= 11 is 0. The largest absolute Gasteiger partial charge is 0.351 e. The molecule has 3 rings (SSSR count). The first-order chi connectivity index (χ1) is 11.0. The third-order valence-electron chi connectivity index (χ3n) is 3.72. The van der Waals surface area contributed by atoms with E-state index in [-0.39, 0.29) is 0 Å². The van der Waals surface area contributed by atoms with Crippen molar-refractivity contribution in [1.29, 1.82) is 0 Å². The van der Waals surface area contributed by atoms with Crippen molar-refractivity contribution in [3.63, 3.8) is 0 Å². The van der Waals surface area contributed by atoms with Crippen molar-refractivity contribution >= 4 is 11.8 Å². The molecule has 0 aliphatic rings. The molecule has 0 atom stereocenters. The number of para-hydroxylation sites is 1. The van der Waals surface area contributed by atoms with E-state index >= 15 is 0 Å². The van der Waals surface area contributed by atoms with Crippen molar-refractivity contribution in [2.45, 2.75) is 13.8 Å².